The van der Waals surface area contributed by atoms with E-state index in [9.17, 15) is 22.8 Å². The molecular formula is C22H28ClF3NO4P. The molecule has 0 bridgehead atoms. The van der Waals surface area contributed by atoms with E-state index in [1.807, 2.05) is 19.1 Å². The lowest BCUT2D eigenvalue weighted by molar-refractivity contribution is -0.139. The SMILES string of the molecule is Cc1cc(CCCOc2ccc(CCC(N)(CO)CO[PH2]=O)cc2C(F)(F)F)ccc1Cl. The predicted molar refractivity (Wildman–Crippen MR) is 120 cm³/mol. The summed E-state index contributed by atoms with van der Waals surface area (Å²) in [7, 11) is -1.48. The van der Waals surface area contributed by atoms with Crippen LogP contribution in [0.1, 0.15) is 35.1 Å². The van der Waals surface area contributed by atoms with Gasteiger partial charge in [-0.15, -0.1) is 0 Å². The van der Waals surface area contributed by atoms with Gasteiger partial charge in [0.05, 0.1) is 30.9 Å². The van der Waals surface area contributed by atoms with Gasteiger partial charge < -0.3 is 20.1 Å². The van der Waals surface area contributed by atoms with Gasteiger partial charge in [0.15, 0.2) is 8.69 Å². The first kappa shape index (κ1) is 26.7. The largest absolute Gasteiger partial charge is 0.493 e. The molecule has 178 valence electrons. The maximum Gasteiger partial charge on any atom is 0.419 e. The van der Waals surface area contributed by atoms with Crippen molar-refractivity contribution < 1.29 is 32.1 Å². The van der Waals surface area contributed by atoms with Gasteiger partial charge in [-0.05, 0) is 67.5 Å². The highest BCUT2D eigenvalue weighted by Gasteiger charge is 2.35. The molecule has 5 nitrogen and oxygen atoms in total. The van der Waals surface area contributed by atoms with Gasteiger partial charge >= 0.3 is 6.18 Å². The molecule has 10 heteroatoms. The summed E-state index contributed by atoms with van der Waals surface area (Å²) in [6.45, 7) is 1.46. The molecule has 2 atom stereocenters. The van der Waals surface area contributed by atoms with Crippen LogP contribution in [0.5, 0.6) is 5.75 Å². The van der Waals surface area contributed by atoms with Gasteiger partial charge in [0.2, 0.25) is 0 Å². The predicted octanol–water partition coefficient (Wildman–Crippen LogP) is 4.99. The standard InChI is InChI=1S/C22H28ClF3NO4P/c1-15-11-16(4-6-19(15)23)3-2-10-30-20-7-5-17(12-18(20)22(24,25)26)8-9-21(27,13-28)14-31-32-29/h4-7,11-12,28H,2-3,8-10,13-14,27,32H2,1H3. The highest BCUT2D eigenvalue weighted by atomic mass is 35.5. The lowest BCUT2D eigenvalue weighted by Crippen LogP contribution is -2.47. The molecule has 0 spiro atoms. The molecule has 0 amide bonds. The zero-order valence-electron chi connectivity index (χ0n) is 17.8. The van der Waals surface area contributed by atoms with Crippen molar-refractivity contribution in [1.82, 2.24) is 0 Å². The second kappa shape index (κ2) is 12.1. The quantitative estimate of drug-likeness (QED) is 0.321. The molecule has 0 aliphatic heterocycles. The Kier molecular flexibility index (Phi) is 10.0. The number of hydrogen-bond donors (Lipinski definition) is 2. The fraction of sp³-hybridized carbons (Fsp3) is 0.455. The number of hydrogen-bond acceptors (Lipinski definition) is 5. The Bertz CT molecular complexity index is 913. The fourth-order valence-electron chi connectivity index (χ4n) is 3.19. The maximum absolute atomic E-state index is 13.6. The monoisotopic (exact) mass is 493 g/mol. The Morgan fingerprint density at radius 1 is 1.12 bits per heavy atom. The van der Waals surface area contributed by atoms with Crippen LogP contribution >= 0.6 is 20.3 Å². The van der Waals surface area contributed by atoms with E-state index in [4.69, 9.17) is 26.6 Å². The van der Waals surface area contributed by atoms with Crippen molar-refractivity contribution in [2.75, 3.05) is 19.8 Å². The molecule has 0 aliphatic rings. The maximum atomic E-state index is 13.6. The number of aliphatic hydroxyl groups is 1. The molecule has 32 heavy (non-hydrogen) atoms. The number of aliphatic hydroxyl groups excluding tert-OH is 1. The van der Waals surface area contributed by atoms with E-state index in [1.54, 1.807) is 12.1 Å². The molecule has 3 N–H and O–H groups in total. The Hall–Kier alpha value is -1.57. The van der Waals surface area contributed by atoms with Crippen LogP contribution in [0.3, 0.4) is 0 Å². The second-order valence-electron chi connectivity index (χ2n) is 7.79. The molecule has 0 saturated carbocycles. The summed E-state index contributed by atoms with van der Waals surface area (Å²) >= 11 is 6.00. The van der Waals surface area contributed by atoms with E-state index in [2.05, 4.69) is 0 Å². The summed E-state index contributed by atoms with van der Waals surface area (Å²) in [6.07, 6.45) is -3.02. The number of benzene rings is 2. The van der Waals surface area contributed by atoms with Crippen molar-refractivity contribution in [3.63, 3.8) is 0 Å². The lowest BCUT2D eigenvalue weighted by Gasteiger charge is -2.26. The molecule has 2 rings (SSSR count). The zero-order valence-corrected chi connectivity index (χ0v) is 19.7. The summed E-state index contributed by atoms with van der Waals surface area (Å²) in [5.74, 6) is -0.229. The molecule has 0 saturated heterocycles. The van der Waals surface area contributed by atoms with Crippen LogP contribution in [0.2, 0.25) is 5.02 Å². The molecule has 0 aromatic heterocycles. The van der Waals surface area contributed by atoms with E-state index in [0.29, 0.717) is 23.4 Å². The highest BCUT2D eigenvalue weighted by molar-refractivity contribution is 7.17. The smallest absolute Gasteiger partial charge is 0.419 e. The zero-order chi connectivity index (χ0) is 23.8. The van der Waals surface area contributed by atoms with Crippen LogP contribution in [0.4, 0.5) is 13.2 Å². The number of rotatable bonds is 12. The van der Waals surface area contributed by atoms with E-state index in [-0.39, 0.29) is 31.8 Å². The molecule has 2 unspecified atom stereocenters. The van der Waals surface area contributed by atoms with Gasteiger partial charge in [-0.3, -0.25) is 4.57 Å². The third-order valence-electron chi connectivity index (χ3n) is 5.10. The summed E-state index contributed by atoms with van der Waals surface area (Å²) in [5, 5.41) is 10.1. The molecule has 0 aliphatic carbocycles. The summed E-state index contributed by atoms with van der Waals surface area (Å²) < 4.78 is 61.6. The van der Waals surface area contributed by atoms with Crippen LogP contribution < -0.4 is 10.5 Å². The van der Waals surface area contributed by atoms with Crippen molar-refractivity contribution in [3.8, 4) is 5.75 Å². The van der Waals surface area contributed by atoms with Gasteiger partial charge in [0.25, 0.3) is 0 Å². The molecule has 2 aromatic rings. The van der Waals surface area contributed by atoms with Crippen LogP contribution in [-0.4, -0.2) is 30.5 Å². The number of alkyl halides is 3. The molecule has 0 heterocycles. The molecule has 2 aromatic carbocycles. The van der Waals surface area contributed by atoms with Crippen molar-refractivity contribution >= 4 is 20.3 Å². The molecular weight excluding hydrogens is 466 g/mol. The van der Waals surface area contributed by atoms with Crippen LogP contribution in [0, 0.1) is 6.92 Å². The third-order valence-corrected chi connectivity index (χ3v) is 5.83. The first-order valence-corrected chi connectivity index (χ1v) is 11.4. The van der Waals surface area contributed by atoms with Gasteiger partial charge in [-0.2, -0.15) is 13.2 Å². The average molecular weight is 494 g/mol. The molecule has 0 fully saturated rings. The van der Waals surface area contributed by atoms with Crippen LogP contribution in [0.15, 0.2) is 36.4 Å². The average Bonchev–Trinajstić information content (AvgIpc) is 2.76. The van der Waals surface area contributed by atoms with Gasteiger partial charge in [0.1, 0.15) is 5.75 Å². The first-order chi connectivity index (χ1) is 15.1. The number of ether oxygens (including phenoxy) is 1. The van der Waals surface area contributed by atoms with Crippen molar-refractivity contribution in [2.45, 2.75) is 44.3 Å². The van der Waals surface area contributed by atoms with Gasteiger partial charge in [-0.25, -0.2) is 0 Å². The third kappa shape index (κ3) is 8.09. The normalized spacial score (nSPS) is 14.1. The summed E-state index contributed by atoms with van der Waals surface area (Å²) in [5.41, 5.74) is 6.33. The van der Waals surface area contributed by atoms with Gasteiger partial charge in [0, 0.05) is 5.02 Å². The fourth-order valence-corrected chi connectivity index (χ4v) is 3.71. The minimum atomic E-state index is -4.58. The van der Waals surface area contributed by atoms with E-state index in [0.717, 1.165) is 17.2 Å². The van der Waals surface area contributed by atoms with E-state index >= 15 is 0 Å². The van der Waals surface area contributed by atoms with Crippen molar-refractivity contribution in [1.29, 1.82) is 0 Å². The second-order valence-corrected chi connectivity index (χ2v) is 8.72. The lowest BCUT2D eigenvalue weighted by atomic mass is 9.93. The van der Waals surface area contributed by atoms with Crippen molar-refractivity contribution in [3.05, 3.63) is 63.7 Å². The first-order valence-electron chi connectivity index (χ1n) is 10.1. The molecule has 0 radical (unpaired) electrons. The number of aryl methyl sites for hydroxylation is 3. The topological polar surface area (TPSA) is 81.8 Å². The summed E-state index contributed by atoms with van der Waals surface area (Å²) in [4.78, 5) is 0. The van der Waals surface area contributed by atoms with Crippen molar-refractivity contribution in [2.24, 2.45) is 5.73 Å². The Morgan fingerprint density at radius 2 is 1.81 bits per heavy atom. The minimum absolute atomic E-state index is 0.134. The van der Waals surface area contributed by atoms with Gasteiger partial charge in [-0.1, -0.05) is 29.8 Å². The Morgan fingerprint density at radius 3 is 2.44 bits per heavy atom. The Labute approximate surface area is 192 Å². The number of nitrogens with two attached hydrogens (primary N) is 1. The Balaban J connectivity index is 2.01. The van der Waals surface area contributed by atoms with Crippen LogP contribution in [0.25, 0.3) is 0 Å². The van der Waals surface area contributed by atoms with E-state index in [1.165, 1.54) is 6.07 Å². The van der Waals surface area contributed by atoms with E-state index < -0.39 is 32.6 Å². The number of halogens is 4. The minimum Gasteiger partial charge on any atom is -0.493 e. The highest BCUT2D eigenvalue weighted by Crippen LogP contribution is 2.37. The van der Waals surface area contributed by atoms with Crippen LogP contribution in [-0.2, 0) is 28.1 Å². The summed E-state index contributed by atoms with van der Waals surface area (Å²) in [6, 6.07) is 9.53.